The van der Waals surface area contributed by atoms with Crippen molar-refractivity contribution in [3.63, 3.8) is 0 Å². The normalized spacial score (nSPS) is 11.2. The first kappa shape index (κ1) is 19.4. The van der Waals surface area contributed by atoms with Gasteiger partial charge < -0.3 is 15.2 Å². The highest BCUT2D eigenvalue weighted by Crippen LogP contribution is 2.02. The molecule has 0 spiro atoms. The molecular weight excluding hydrogens is 407 g/mol. The van der Waals surface area contributed by atoms with Gasteiger partial charge in [-0.2, -0.15) is 5.10 Å². The molecule has 8 nitrogen and oxygen atoms in total. The minimum absolute atomic E-state index is 0. The molecule has 0 fully saturated rings. The van der Waals surface area contributed by atoms with Gasteiger partial charge in [-0.15, -0.1) is 34.2 Å². The number of guanidine groups is 1. The molecule has 0 bridgehead atoms. The number of aryl methyl sites for hydroxylation is 4. The number of rotatable bonds is 6. The average Bonchev–Trinajstić information content (AvgIpc) is 3.03. The highest BCUT2D eigenvalue weighted by atomic mass is 127. The molecule has 0 aliphatic rings. The highest BCUT2D eigenvalue weighted by molar-refractivity contribution is 14.0. The second kappa shape index (κ2) is 9.48. The van der Waals surface area contributed by atoms with E-state index in [4.69, 9.17) is 0 Å². The summed E-state index contributed by atoms with van der Waals surface area (Å²) in [7, 11) is 3.68. The van der Waals surface area contributed by atoms with Crippen LogP contribution in [-0.4, -0.2) is 44.1 Å². The fourth-order valence-electron chi connectivity index (χ4n) is 2.19. The fourth-order valence-corrected chi connectivity index (χ4v) is 2.19. The van der Waals surface area contributed by atoms with Crippen molar-refractivity contribution in [1.82, 2.24) is 35.2 Å². The lowest BCUT2D eigenvalue weighted by molar-refractivity contribution is 0.554. The van der Waals surface area contributed by atoms with Crippen LogP contribution >= 0.6 is 24.0 Å². The van der Waals surface area contributed by atoms with Crippen LogP contribution in [-0.2, 0) is 20.1 Å². The lowest BCUT2D eigenvalue weighted by Crippen LogP contribution is -2.38. The van der Waals surface area contributed by atoms with Crippen LogP contribution in [0.3, 0.4) is 0 Å². The first-order chi connectivity index (χ1) is 10.6. The third-order valence-corrected chi connectivity index (χ3v) is 3.39. The smallest absolute Gasteiger partial charge is 0.191 e. The molecular formula is C14H25IN8. The summed E-state index contributed by atoms with van der Waals surface area (Å²) in [6, 6.07) is 2.09. The minimum Gasteiger partial charge on any atom is -0.356 e. The lowest BCUT2D eigenvalue weighted by atomic mass is 10.4. The summed E-state index contributed by atoms with van der Waals surface area (Å²) in [6.07, 6.45) is 2.66. The molecule has 23 heavy (non-hydrogen) atoms. The molecule has 9 heteroatoms. The first-order valence-corrected chi connectivity index (χ1v) is 7.38. The molecule has 0 radical (unpaired) electrons. The monoisotopic (exact) mass is 432 g/mol. The molecule has 0 amide bonds. The quantitative estimate of drug-likeness (QED) is 0.308. The summed E-state index contributed by atoms with van der Waals surface area (Å²) in [5.74, 6) is 1.63. The van der Waals surface area contributed by atoms with Gasteiger partial charge in [-0.05, 0) is 26.3 Å². The van der Waals surface area contributed by atoms with Gasteiger partial charge >= 0.3 is 0 Å². The van der Waals surface area contributed by atoms with E-state index >= 15 is 0 Å². The number of halogens is 1. The second-order valence-electron chi connectivity index (χ2n) is 5.21. The molecule has 2 aromatic heterocycles. The van der Waals surface area contributed by atoms with Crippen LogP contribution in [0.4, 0.5) is 0 Å². The molecule has 2 aromatic rings. The zero-order valence-electron chi connectivity index (χ0n) is 14.1. The van der Waals surface area contributed by atoms with E-state index in [-0.39, 0.29) is 24.0 Å². The molecule has 0 unspecified atom stereocenters. The maximum atomic E-state index is 4.45. The van der Waals surface area contributed by atoms with E-state index in [0.29, 0.717) is 6.54 Å². The molecule has 128 valence electrons. The van der Waals surface area contributed by atoms with Crippen LogP contribution < -0.4 is 10.6 Å². The van der Waals surface area contributed by atoms with Crippen LogP contribution in [0.1, 0.15) is 23.6 Å². The summed E-state index contributed by atoms with van der Waals surface area (Å²) in [4.78, 5) is 4.20. The van der Waals surface area contributed by atoms with Crippen molar-refractivity contribution in [3.8, 4) is 0 Å². The predicted molar refractivity (Wildman–Crippen MR) is 101 cm³/mol. The van der Waals surface area contributed by atoms with Gasteiger partial charge in [-0.3, -0.25) is 9.67 Å². The Morgan fingerprint density at radius 2 is 2.09 bits per heavy atom. The van der Waals surface area contributed by atoms with E-state index in [9.17, 15) is 0 Å². The number of aliphatic imine (C=N–C) groups is 1. The molecule has 0 aliphatic carbocycles. The van der Waals surface area contributed by atoms with Crippen molar-refractivity contribution in [2.24, 2.45) is 12.0 Å². The van der Waals surface area contributed by atoms with Crippen molar-refractivity contribution in [1.29, 1.82) is 0 Å². The second-order valence-corrected chi connectivity index (χ2v) is 5.21. The van der Waals surface area contributed by atoms with E-state index in [2.05, 4.69) is 43.9 Å². The zero-order chi connectivity index (χ0) is 15.9. The zero-order valence-corrected chi connectivity index (χ0v) is 16.4. The van der Waals surface area contributed by atoms with E-state index in [1.165, 1.54) is 5.69 Å². The molecule has 2 N–H and O–H groups in total. The molecule has 0 saturated heterocycles. The van der Waals surface area contributed by atoms with Gasteiger partial charge in [0.2, 0.25) is 0 Å². The van der Waals surface area contributed by atoms with Crippen molar-refractivity contribution in [2.75, 3.05) is 13.6 Å². The van der Waals surface area contributed by atoms with Crippen LogP contribution in [0, 0.1) is 13.8 Å². The Kier molecular flexibility index (Phi) is 8.00. The van der Waals surface area contributed by atoms with Crippen molar-refractivity contribution in [3.05, 3.63) is 29.6 Å². The summed E-state index contributed by atoms with van der Waals surface area (Å²) >= 11 is 0. The fraction of sp³-hybridized carbons (Fsp3) is 0.571. The predicted octanol–water partition coefficient (Wildman–Crippen LogP) is 1.00. The highest BCUT2D eigenvalue weighted by Gasteiger charge is 2.03. The van der Waals surface area contributed by atoms with Crippen LogP contribution in [0.2, 0.25) is 0 Å². The maximum absolute atomic E-state index is 4.45. The molecule has 0 aliphatic heterocycles. The van der Waals surface area contributed by atoms with Gasteiger partial charge in [0.25, 0.3) is 0 Å². The Morgan fingerprint density at radius 1 is 1.30 bits per heavy atom. The molecule has 0 saturated carbocycles. The molecule has 0 atom stereocenters. The topological polar surface area (TPSA) is 84.9 Å². The molecule has 0 aromatic carbocycles. The Bertz CT molecular complexity index is 631. The maximum Gasteiger partial charge on any atom is 0.191 e. The summed E-state index contributed by atoms with van der Waals surface area (Å²) in [5, 5.41) is 18.8. The van der Waals surface area contributed by atoms with Crippen molar-refractivity contribution < 1.29 is 0 Å². The third kappa shape index (κ3) is 5.81. The van der Waals surface area contributed by atoms with Crippen molar-refractivity contribution >= 4 is 29.9 Å². The van der Waals surface area contributed by atoms with Crippen molar-refractivity contribution in [2.45, 2.75) is 33.4 Å². The lowest BCUT2D eigenvalue weighted by Gasteiger charge is -2.11. The number of hydrogen-bond acceptors (Lipinski definition) is 4. The van der Waals surface area contributed by atoms with Gasteiger partial charge in [0.1, 0.15) is 6.33 Å². The third-order valence-electron chi connectivity index (χ3n) is 3.39. The van der Waals surface area contributed by atoms with Crippen LogP contribution in [0.15, 0.2) is 17.4 Å². The Hall–Kier alpha value is -1.65. The average molecular weight is 432 g/mol. The van der Waals surface area contributed by atoms with Gasteiger partial charge in [-0.1, -0.05) is 0 Å². The van der Waals surface area contributed by atoms with E-state index in [1.54, 1.807) is 13.4 Å². The Morgan fingerprint density at radius 3 is 2.65 bits per heavy atom. The first-order valence-electron chi connectivity index (χ1n) is 7.38. The summed E-state index contributed by atoms with van der Waals surface area (Å²) < 4.78 is 3.91. The number of nitrogens with one attached hydrogen (secondary N) is 2. The van der Waals surface area contributed by atoms with Gasteiger partial charge in [0, 0.05) is 32.9 Å². The van der Waals surface area contributed by atoms with Gasteiger partial charge in [0.05, 0.1) is 12.2 Å². The molecule has 2 rings (SSSR count). The van der Waals surface area contributed by atoms with E-state index in [1.807, 2.05) is 23.2 Å². The summed E-state index contributed by atoms with van der Waals surface area (Å²) in [5.41, 5.74) is 2.26. The number of aromatic nitrogens is 5. The van der Waals surface area contributed by atoms with E-state index < -0.39 is 0 Å². The van der Waals surface area contributed by atoms with E-state index in [0.717, 1.165) is 37.0 Å². The largest absolute Gasteiger partial charge is 0.356 e. The standard InChI is InChI=1S/C14H24N8.HI/c1-11-8-12(2)22(20-11)7-5-6-16-14(15-3)17-9-13-19-18-10-21(13)4;/h8,10H,5-7,9H2,1-4H3,(H2,15,16,17);1H. The summed E-state index contributed by atoms with van der Waals surface area (Å²) in [6.45, 7) is 6.41. The number of hydrogen-bond donors (Lipinski definition) is 2. The van der Waals surface area contributed by atoms with Crippen LogP contribution in [0.5, 0.6) is 0 Å². The molecule has 2 heterocycles. The van der Waals surface area contributed by atoms with Crippen LogP contribution in [0.25, 0.3) is 0 Å². The Balaban J connectivity index is 0.00000264. The SMILES string of the molecule is CN=C(NCCCn1nc(C)cc1C)NCc1nncn1C.I. The minimum atomic E-state index is 0. The van der Waals surface area contributed by atoms with Gasteiger partial charge in [0.15, 0.2) is 11.8 Å². The van der Waals surface area contributed by atoms with Gasteiger partial charge in [-0.25, -0.2) is 0 Å². The Labute approximate surface area is 153 Å². The number of nitrogens with zero attached hydrogens (tertiary/aromatic N) is 6.